The Labute approximate surface area is 176 Å². The Balaban J connectivity index is 0.00000225. The summed E-state index contributed by atoms with van der Waals surface area (Å²) in [5.74, 6) is 0.357. The average molecular weight is 438 g/mol. The van der Waals surface area contributed by atoms with Crippen molar-refractivity contribution in [1.82, 2.24) is 24.7 Å². The zero-order valence-corrected chi connectivity index (χ0v) is 16.7. The molecule has 3 aromatic heterocycles. The SMILES string of the molecule is Cl.O=c1[nH]c(NCc2ccc(Cl)c(Cl)c2)nc2cnn(Cc3ccccn3)c12. The van der Waals surface area contributed by atoms with Crippen LogP contribution in [0.5, 0.6) is 0 Å². The van der Waals surface area contributed by atoms with Crippen molar-refractivity contribution in [3.63, 3.8) is 0 Å². The molecule has 0 amide bonds. The largest absolute Gasteiger partial charge is 0.352 e. The standard InChI is InChI=1S/C18H14Cl2N6O.ClH/c19-13-5-4-11(7-14(13)20)8-22-18-24-15-9-23-26(16(15)17(27)25-18)10-12-3-1-2-6-21-12;/h1-7,9H,8,10H2,(H2,22,24,25,27);1H. The zero-order valence-electron chi connectivity index (χ0n) is 14.4. The molecule has 10 heteroatoms. The van der Waals surface area contributed by atoms with Crippen LogP contribution in [-0.2, 0) is 13.1 Å². The van der Waals surface area contributed by atoms with Gasteiger partial charge in [-0.25, -0.2) is 4.98 Å². The highest BCUT2D eigenvalue weighted by molar-refractivity contribution is 6.42. The van der Waals surface area contributed by atoms with Crippen LogP contribution in [0.3, 0.4) is 0 Å². The maximum atomic E-state index is 12.5. The van der Waals surface area contributed by atoms with E-state index in [1.807, 2.05) is 24.3 Å². The molecule has 0 saturated carbocycles. The Morgan fingerprint density at radius 2 is 2.00 bits per heavy atom. The van der Waals surface area contributed by atoms with Crippen molar-refractivity contribution in [3.8, 4) is 0 Å². The number of H-pyrrole nitrogens is 1. The second-order valence-corrected chi connectivity index (χ2v) is 6.69. The maximum absolute atomic E-state index is 12.5. The molecule has 0 aliphatic carbocycles. The number of fused-ring (bicyclic) bond motifs is 1. The van der Waals surface area contributed by atoms with E-state index in [0.717, 1.165) is 11.3 Å². The molecule has 144 valence electrons. The average Bonchev–Trinajstić information content (AvgIpc) is 3.07. The van der Waals surface area contributed by atoms with E-state index in [0.29, 0.717) is 40.1 Å². The number of aromatic amines is 1. The van der Waals surface area contributed by atoms with Gasteiger partial charge in [-0.05, 0) is 29.8 Å². The van der Waals surface area contributed by atoms with Gasteiger partial charge in [0.1, 0.15) is 5.52 Å². The molecule has 4 aromatic rings. The van der Waals surface area contributed by atoms with Crippen LogP contribution in [0.25, 0.3) is 11.0 Å². The van der Waals surface area contributed by atoms with E-state index in [4.69, 9.17) is 23.2 Å². The number of halogens is 3. The molecule has 0 saturated heterocycles. The predicted molar refractivity (Wildman–Crippen MR) is 113 cm³/mol. The molecular formula is C18H15Cl3N6O. The van der Waals surface area contributed by atoms with Crippen molar-refractivity contribution >= 4 is 52.6 Å². The lowest BCUT2D eigenvalue weighted by Gasteiger charge is -2.07. The Morgan fingerprint density at radius 3 is 2.75 bits per heavy atom. The minimum Gasteiger partial charge on any atom is -0.352 e. The molecule has 28 heavy (non-hydrogen) atoms. The molecule has 3 heterocycles. The molecule has 2 N–H and O–H groups in total. The Bertz CT molecular complexity index is 1160. The lowest BCUT2D eigenvalue weighted by atomic mass is 10.2. The fourth-order valence-corrected chi connectivity index (χ4v) is 3.01. The summed E-state index contributed by atoms with van der Waals surface area (Å²) in [6, 6.07) is 10.9. The van der Waals surface area contributed by atoms with Crippen molar-refractivity contribution < 1.29 is 0 Å². The number of hydrogen-bond donors (Lipinski definition) is 2. The van der Waals surface area contributed by atoms with Gasteiger partial charge in [-0.3, -0.25) is 19.4 Å². The summed E-state index contributed by atoms with van der Waals surface area (Å²) in [7, 11) is 0. The van der Waals surface area contributed by atoms with Gasteiger partial charge in [0.2, 0.25) is 5.95 Å². The van der Waals surface area contributed by atoms with Gasteiger partial charge in [-0.2, -0.15) is 5.10 Å². The van der Waals surface area contributed by atoms with Gasteiger partial charge in [0.15, 0.2) is 5.52 Å². The van der Waals surface area contributed by atoms with E-state index in [1.54, 1.807) is 29.2 Å². The summed E-state index contributed by atoms with van der Waals surface area (Å²) in [6.07, 6.45) is 3.27. The number of pyridine rings is 1. The number of nitrogens with zero attached hydrogens (tertiary/aromatic N) is 4. The second-order valence-electron chi connectivity index (χ2n) is 5.87. The highest BCUT2D eigenvalue weighted by Gasteiger charge is 2.11. The van der Waals surface area contributed by atoms with Gasteiger partial charge in [0.05, 0.1) is 28.5 Å². The van der Waals surface area contributed by atoms with Crippen LogP contribution in [0.2, 0.25) is 10.0 Å². The first-order valence-electron chi connectivity index (χ1n) is 8.14. The Hall–Kier alpha value is -2.61. The van der Waals surface area contributed by atoms with Gasteiger partial charge in [0, 0.05) is 12.7 Å². The van der Waals surface area contributed by atoms with E-state index >= 15 is 0 Å². The maximum Gasteiger partial charge on any atom is 0.278 e. The monoisotopic (exact) mass is 436 g/mol. The first-order chi connectivity index (χ1) is 13.1. The van der Waals surface area contributed by atoms with Gasteiger partial charge in [0.25, 0.3) is 5.56 Å². The molecule has 1 aromatic carbocycles. The van der Waals surface area contributed by atoms with E-state index < -0.39 is 0 Å². The fourth-order valence-electron chi connectivity index (χ4n) is 2.69. The van der Waals surface area contributed by atoms with Crippen LogP contribution >= 0.6 is 35.6 Å². The molecular weight excluding hydrogens is 423 g/mol. The van der Waals surface area contributed by atoms with E-state index in [-0.39, 0.29) is 18.0 Å². The molecule has 0 bridgehead atoms. The lowest BCUT2D eigenvalue weighted by Crippen LogP contribution is -2.16. The third-order valence-electron chi connectivity index (χ3n) is 3.98. The number of hydrogen-bond acceptors (Lipinski definition) is 5. The quantitative estimate of drug-likeness (QED) is 0.494. The normalized spacial score (nSPS) is 10.6. The van der Waals surface area contributed by atoms with E-state index in [9.17, 15) is 4.79 Å². The zero-order chi connectivity index (χ0) is 18.8. The van der Waals surface area contributed by atoms with Gasteiger partial charge in [-0.1, -0.05) is 35.3 Å². The Morgan fingerprint density at radius 1 is 1.14 bits per heavy atom. The van der Waals surface area contributed by atoms with Gasteiger partial charge >= 0.3 is 0 Å². The summed E-state index contributed by atoms with van der Waals surface area (Å²) >= 11 is 11.9. The van der Waals surface area contributed by atoms with Crippen LogP contribution in [-0.4, -0.2) is 24.7 Å². The van der Waals surface area contributed by atoms with Gasteiger partial charge in [-0.15, -0.1) is 12.4 Å². The van der Waals surface area contributed by atoms with Crippen LogP contribution in [0.1, 0.15) is 11.3 Å². The highest BCUT2D eigenvalue weighted by Crippen LogP contribution is 2.22. The predicted octanol–water partition coefficient (Wildman–Crippen LogP) is 3.90. The summed E-state index contributed by atoms with van der Waals surface area (Å²) in [4.78, 5) is 23.9. The molecule has 0 atom stereocenters. The van der Waals surface area contributed by atoms with Crippen LogP contribution in [0.4, 0.5) is 5.95 Å². The Kier molecular flexibility index (Phi) is 6.18. The van der Waals surface area contributed by atoms with Crippen LogP contribution < -0.4 is 10.9 Å². The summed E-state index contributed by atoms with van der Waals surface area (Å²) in [5.41, 5.74) is 2.36. The van der Waals surface area contributed by atoms with E-state index in [2.05, 4.69) is 25.4 Å². The molecule has 0 unspecified atom stereocenters. The molecule has 0 aliphatic rings. The molecule has 0 spiro atoms. The van der Waals surface area contributed by atoms with Gasteiger partial charge < -0.3 is 5.32 Å². The number of aromatic nitrogens is 5. The minimum atomic E-state index is -0.273. The number of benzene rings is 1. The smallest absolute Gasteiger partial charge is 0.278 e. The molecule has 0 fully saturated rings. The molecule has 0 aliphatic heterocycles. The molecule has 0 radical (unpaired) electrons. The molecule has 4 rings (SSSR count). The molecule has 7 nitrogen and oxygen atoms in total. The van der Waals surface area contributed by atoms with Crippen LogP contribution in [0, 0.1) is 0 Å². The van der Waals surface area contributed by atoms with Crippen molar-refractivity contribution in [2.75, 3.05) is 5.32 Å². The number of rotatable bonds is 5. The highest BCUT2D eigenvalue weighted by atomic mass is 35.5. The third kappa shape index (κ3) is 4.27. The number of anilines is 1. The van der Waals surface area contributed by atoms with Crippen molar-refractivity contribution in [2.24, 2.45) is 0 Å². The lowest BCUT2D eigenvalue weighted by molar-refractivity contribution is 0.693. The summed E-state index contributed by atoms with van der Waals surface area (Å²) < 4.78 is 1.59. The second kappa shape index (κ2) is 8.60. The van der Waals surface area contributed by atoms with Crippen LogP contribution in [0.15, 0.2) is 53.6 Å². The first-order valence-corrected chi connectivity index (χ1v) is 8.89. The van der Waals surface area contributed by atoms with Crippen molar-refractivity contribution in [3.05, 3.63) is 80.4 Å². The fraction of sp³-hybridized carbons (Fsp3) is 0.111. The van der Waals surface area contributed by atoms with E-state index in [1.165, 1.54) is 0 Å². The van der Waals surface area contributed by atoms with Crippen molar-refractivity contribution in [2.45, 2.75) is 13.1 Å². The topological polar surface area (TPSA) is 88.5 Å². The van der Waals surface area contributed by atoms with Crippen molar-refractivity contribution in [1.29, 1.82) is 0 Å². The number of nitrogens with one attached hydrogen (secondary N) is 2. The summed E-state index contributed by atoms with van der Waals surface area (Å²) in [6.45, 7) is 0.832. The summed E-state index contributed by atoms with van der Waals surface area (Å²) in [5, 5.41) is 8.32. The third-order valence-corrected chi connectivity index (χ3v) is 4.72. The first kappa shape index (κ1) is 20.1. The minimum absolute atomic E-state index is 0.